The molecule has 1 fully saturated rings. The molecule has 2 heterocycles. The predicted molar refractivity (Wildman–Crippen MR) is 62.5 cm³/mol. The highest BCUT2D eigenvalue weighted by atomic mass is 32.2. The maximum atomic E-state index is 12.4. The summed E-state index contributed by atoms with van der Waals surface area (Å²) >= 11 is 1.31. The molecule has 0 aliphatic carbocycles. The molecule has 1 N–H and O–H groups in total. The number of amidine groups is 1. The molecule has 2 rings (SSSR count). The van der Waals surface area contributed by atoms with Crippen LogP contribution in [-0.4, -0.2) is 59.1 Å². The van der Waals surface area contributed by atoms with Gasteiger partial charge in [0.25, 0.3) is 0 Å². The Kier molecular flexibility index (Phi) is 3.80. The van der Waals surface area contributed by atoms with Crippen molar-refractivity contribution in [1.82, 2.24) is 4.90 Å². The molecule has 0 aromatic carbocycles. The first-order valence-corrected chi connectivity index (χ1v) is 6.49. The Bertz CT molecular complexity index is 349. The van der Waals surface area contributed by atoms with Gasteiger partial charge >= 0.3 is 6.18 Å². The van der Waals surface area contributed by atoms with Gasteiger partial charge in [-0.3, -0.25) is 4.99 Å². The average molecular weight is 284 g/mol. The summed E-state index contributed by atoms with van der Waals surface area (Å²) in [7, 11) is 3.65. The Morgan fingerprint density at radius 3 is 2.67 bits per heavy atom. The molecule has 2 aliphatic heterocycles. The quantitative estimate of drug-likeness (QED) is 0.791. The van der Waals surface area contributed by atoms with Gasteiger partial charge in [0.05, 0.1) is 12.1 Å². The van der Waals surface area contributed by atoms with Crippen molar-refractivity contribution in [1.29, 1.82) is 0 Å². The normalized spacial score (nSPS) is 33.9. The molecule has 104 valence electrons. The van der Waals surface area contributed by atoms with Crippen LogP contribution in [0.3, 0.4) is 0 Å². The molecule has 1 saturated heterocycles. The molecule has 2 unspecified atom stereocenters. The maximum absolute atomic E-state index is 12.4. The van der Waals surface area contributed by atoms with E-state index in [1.807, 2.05) is 19.0 Å². The number of aliphatic hydroxyl groups excluding tert-OH is 1. The average Bonchev–Trinajstić information content (AvgIpc) is 2.69. The van der Waals surface area contributed by atoms with Crippen LogP contribution in [0.4, 0.5) is 13.2 Å². The number of rotatable bonds is 1. The van der Waals surface area contributed by atoms with Crippen molar-refractivity contribution < 1.29 is 23.0 Å². The second-order valence-electron chi connectivity index (χ2n) is 4.60. The Morgan fingerprint density at radius 1 is 1.44 bits per heavy atom. The second kappa shape index (κ2) is 4.90. The van der Waals surface area contributed by atoms with E-state index in [0.29, 0.717) is 6.42 Å². The minimum atomic E-state index is -4.63. The molecule has 8 heteroatoms. The smallest absolute Gasteiger partial charge is 0.381 e. The zero-order valence-electron chi connectivity index (χ0n) is 10.0. The van der Waals surface area contributed by atoms with Crippen LogP contribution >= 0.6 is 11.8 Å². The lowest BCUT2D eigenvalue weighted by Crippen LogP contribution is -2.46. The Hall–Kier alpha value is -0.470. The fraction of sp³-hybridized carbons (Fsp3) is 0.900. The summed E-state index contributed by atoms with van der Waals surface area (Å²) in [5.41, 5.74) is -0.418. The first-order chi connectivity index (χ1) is 8.29. The van der Waals surface area contributed by atoms with Gasteiger partial charge in [-0.05, 0) is 12.8 Å². The van der Waals surface area contributed by atoms with Crippen molar-refractivity contribution in [3.63, 3.8) is 0 Å². The van der Waals surface area contributed by atoms with Crippen LogP contribution in [0.15, 0.2) is 4.99 Å². The number of alkyl halides is 3. The first-order valence-electron chi connectivity index (χ1n) is 5.61. The van der Waals surface area contributed by atoms with E-state index in [1.54, 1.807) is 0 Å². The summed E-state index contributed by atoms with van der Waals surface area (Å²) in [5, 5.41) is 9.96. The number of aliphatic hydroxyl groups is 1. The van der Waals surface area contributed by atoms with Crippen LogP contribution < -0.4 is 0 Å². The van der Waals surface area contributed by atoms with E-state index < -0.39 is 23.8 Å². The summed E-state index contributed by atoms with van der Waals surface area (Å²) < 4.78 is 42.6. The summed E-state index contributed by atoms with van der Waals surface area (Å²) in [6.07, 6.45) is -7.55. The molecular formula is C10H15F3N2O2S. The third-order valence-corrected chi connectivity index (χ3v) is 4.28. The van der Waals surface area contributed by atoms with E-state index in [1.165, 1.54) is 11.8 Å². The lowest BCUT2D eigenvalue weighted by molar-refractivity contribution is -0.244. The van der Waals surface area contributed by atoms with Gasteiger partial charge < -0.3 is 14.7 Å². The minimum Gasteiger partial charge on any atom is -0.381 e. The summed E-state index contributed by atoms with van der Waals surface area (Å²) in [4.78, 5) is 6.19. The van der Waals surface area contributed by atoms with Crippen LogP contribution in [0.1, 0.15) is 12.8 Å². The molecule has 18 heavy (non-hydrogen) atoms. The third kappa shape index (κ3) is 2.75. The molecule has 0 saturated carbocycles. The van der Waals surface area contributed by atoms with E-state index in [-0.39, 0.29) is 12.5 Å². The summed E-state index contributed by atoms with van der Waals surface area (Å²) in [5.74, 6) is 0. The van der Waals surface area contributed by atoms with E-state index in [9.17, 15) is 18.3 Å². The number of hydrogen-bond acceptors (Lipinski definition) is 5. The van der Waals surface area contributed by atoms with E-state index in [2.05, 4.69) is 4.99 Å². The Balaban J connectivity index is 1.98. The van der Waals surface area contributed by atoms with Crippen LogP contribution in [0.2, 0.25) is 0 Å². The number of aliphatic imine (C=N–C) groups is 1. The highest BCUT2D eigenvalue weighted by Gasteiger charge is 2.48. The van der Waals surface area contributed by atoms with Crippen molar-refractivity contribution in [2.75, 3.05) is 14.1 Å². The number of ether oxygens (including phenoxy) is 1. The molecule has 2 aliphatic rings. The lowest BCUT2D eigenvalue weighted by Gasteiger charge is -2.33. The largest absolute Gasteiger partial charge is 0.416 e. The molecule has 0 amide bonds. The van der Waals surface area contributed by atoms with Crippen molar-refractivity contribution in [2.45, 2.75) is 42.7 Å². The standard InChI is InChI=1S/C10H15F3N2O2S/c1-15(2)9-14-5-3-4-6(17-8(5)18-9)7(16)10(11,12)13/h5-8,16H,3-4H2,1-2H3/t5-,6?,7?,8-/m1/s1. The van der Waals surface area contributed by atoms with Crippen LogP contribution in [0.25, 0.3) is 0 Å². The summed E-state index contributed by atoms with van der Waals surface area (Å²) in [6.45, 7) is 0. The van der Waals surface area contributed by atoms with Gasteiger partial charge in [0, 0.05) is 14.1 Å². The summed E-state index contributed by atoms with van der Waals surface area (Å²) in [6, 6.07) is -0.107. The molecular weight excluding hydrogens is 269 g/mol. The highest BCUT2D eigenvalue weighted by Crippen LogP contribution is 2.39. The lowest BCUT2D eigenvalue weighted by atomic mass is 10.0. The Labute approximate surface area is 107 Å². The molecule has 4 atom stereocenters. The van der Waals surface area contributed by atoms with Gasteiger partial charge in [0.2, 0.25) is 0 Å². The number of halogens is 3. The molecule has 0 radical (unpaired) electrons. The second-order valence-corrected chi connectivity index (χ2v) is 5.66. The van der Waals surface area contributed by atoms with Gasteiger partial charge in [-0.25, -0.2) is 0 Å². The minimum absolute atomic E-state index is 0.107. The van der Waals surface area contributed by atoms with Gasteiger partial charge in [0.15, 0.2) is 11.3 Å². The first kappa shape index (κ1) is 14.0. The SMILES string of the molecule is CN(C)C1=N[C@@H]2CCC(C(O)C(F)(F)F)O[C@@H]2S1. The van der Waals surface area contributed by atoms with Crippen LogP contribution in [0.5, 0.6) is 0 Å². The van der Waals surface area contributed by atoms with Gasteiger partial charge in [-0.15, -0.1) is 0 Å². The molecule has 0 spiro atoms. The molecule has 0 aromatic rings. The highest BCUT2D eigenvalue weighted by molar-refractivity contribution is 8.14. The van der Waals surface area contributed by atoms with Crippen molar-refractivity contribution in [3.05, 3.63) is 0 Å². The predicted octanol–water partition coefficient (Wildman–Crippen LogP) is 1.45. The van der Waals surface area contributed by atoms with Crippen molar-refractivity contribution in [3.8, 4) is 0 Å². The zero-order valence-corrected chi connectivity index (χ0v) is 10.8. The fourth-order valence-corrected chi connectivity index (χ4v) is 3.14. The van der Waals surface area contributed by atoms with Crippen molar-refractivity contribution in [2.24, 2.45) is 4.99 Å². The van der Waals surface area contributed by atoms with Gasteiger partial charge in [-0.1, -0.05) is 11.8 Å². The monoisotopic (exact) mass is 284 g/mol. The van der Waals surface area contributed by atoms with Crippen LogP contribution in [-0.2, 0) is 4.74 Å². The topological polar surface area (TPSA) is 45.1 Å². The number of nitrogens with zero attached hydrogens (tertiary/aromatic N) is 2. The zero-order chi connectivity index (χ0) is 13.5. The van der Waals surface area contributed by atoms with E-state index in [0.717, 1.165) is 5.17 Å². The molecule has 0 bridgehead atoms. The third-order valence-electron chi connectivity index (χ3n) is 2.94. The van der Waals surface area contributed by atoms with Crippen LogP contribution in [0, 0.1) is 0 Å². The van der Waals surface area contributed by atoms with Gasteiger partial charge in [-0.2, -0.15) is 13.2 Å². The number of fused-ring (bicyclic) bond motifs is 1. The maximum Gasteiger partial charge on any atom is 0.416 e. The van der Waals surface area contributed by atoms with E-state index in [4.69, 9.17) is 4.74 Å². The molecule has 4 nitrogen and oxygen atoms in total. The fourth-order valence-electron chi connectivity index (χ4n) is 1.97. The molecule has 0 aromatic heterocycles. The number of thioether (sulfide) groups is 1. The van der Waals surface area contributed by atoms with Crippen molar-refractivity contribution >= 4 is 16.9 Å². The number of hydrogen-bond donors (Lipinski definition) is 1. The Morgan fingerprint density at radius 2 is 2.11 bits per heavy atom. The van der Waals surface area contributed by atoms with E-state index >= 15 is 0 Å². The van der Waals surface area contributed by atoms with Gasteiger partial charge in [0.1, 0.15) is 5.44 Å².